The number of hydrogen-bond donors (Lipinski definition) is 2. The highest BCUT2D eigenvalue weighted by molar-refractivity contribution is 5.40. The molecular weight excluding hydrogens is 214 g/mol. The predicted molar refractivity (Wildman–Crippen MR) is 66.2 cm³/mol. The Kier molecular flexibility index (Phi) is 3.04. The molecule has 1 atom stereocenters. The van der Waals surface area contributed by atoms with Crippen molar-refractivity contribution in [2.75, 3.05) is 19.8 Å². The first kappa shape index (κ1) is 11.1. The summed E-state index contributed by atoms with van der Waals surface area (Å²) in [5.74, 6) is 1.84. The summed E-state index contributed by atoms with van der Waals surface area (Å²) in [6.45, 7) is 1.98. The number of aliphatic hydroxyl groups excluding tert-OH is 1. The molecule has 3 nitrogen and oxygen atoms in total. The number of nitrogens with one attached hydrogen (secondary N) is 1. The molecule has 2 aliphatic rings. The van der Waals surface area contributed by atoms with Gasteiger partial charge in [0, 0.05) is 6.42 Å². The smallest absolute Gasteiger partial charge is 0.122 e. The van der Waals surface area contributed by atoms with Crippen LogP contribution in [0.5, 0.6) is 5.75 Å². The van der Waals surface area contributed by atoms with Crippen molar-refractivity contribution in [1.29, 1.82) is 0 Å². The van der Waals surface area contributed by atoms with E-state index in [9.17, 15) is 5.11 Å². The molecule has 2 N–H and O–H groups in total. The number of fused-ring (bicyclic) bond motifs is 1. The van der Waals surface area contributed by atoms with Crippen LogP contribution in [0.3, 0.4) is 0 Å². The minimum Gasteiger partial charge on any atom is -0.493 e. The van der Waals surface area contributed by atoms with Crippen LogP contribution in [0.4, 0.5) is 0 Å². The van der Waals surface area contributed by atoms with E-state index in [0.29, 0.717) is 0 Å². The first-order valence-corrected chi connectivity index (χ1v) is 6.46. The highest BCUT2D eigenvalue weighted by Crippen LogP contribution is 2.30. The van der Waals surface area contributed by atoms with Crippen molar-refractivity contribution in [3.05, 3.63) is 29.3 Å². The molecule has 1 aromatic rings. The van der Waals surface area contributed by atoms with Gasteiger partial charge in [-0.25, -0.2) is 0 Å². The van der Waals surface area contributed by atoms with Crippen molar-refractivity contribution >= 4 is 0 Å². The van der Waals surface area contributed by atoms with Crippen LogP contribution in [0.15, 0.2) is 18.2 Å². The van der Waals surface area contributed by atoms with E-state index in [1.165, 1.54) is 24.0 Å². The van der Waals surface area contributed by atoms with Crippen LogP contribution >= 0.6 is 0 Å². The lowest BCUT2D eigenvalue weighted by Crippen LogP contribution is -2.26. The molecule has 0 amide bonds. The van der Waals surface area contributed by atoms with Gasteiger partial charge in [0.25, 0.3) is 0 Å². The highest BCUT2D eigenvalue weighted by Gasteiger charge is 2.23. The zero-order chi connectivity index (χ0) is 11.7. The Labute approximate surface area is 102 Å². The third-order valence-corrected chi connectivity index (χ3v) is 3.65. The molecule has 0 aromatic heterocycles. The van der Waals surface area contributed by atoms with Crippen LogP contribution in [0.1, 0.15) is 30.0 Å². The summed E-state index contributed by atoms with van der Waals surface area (Å²) in [4.78, 5) is 0. The standard InChI is InChI=1S/C14H19NO2/c16-9-13(15-8-10-1-2-10)11-3-4-14-12(7-11)5-6-17-14/h3-4,7,10,13,15-16H,1-2,5-6,8-9H2. The Hall–Kier alpha value is -1.06. The Bertz CT molecular complexity index is 401. The van der Waals surface area contributed by atoms with Crippen molar-refractivity contribution in [1.82, 2.24) is 5.32 Å². The summed E-state index contributed by atoms with van der Waals surface area (Å²) in [7, 11) is 0. The molecule has 0 bridgehead atoms. The number of rotatable bonds is 5. The van der Waals surface area contributed by atoms with E-state index in [1.807, 2.05) is 6.07 Å². The van der Waals surface area contributed by atoms with Crippen LogP contribution in [0.25, 0.3) is 0 Å². The molecule has 1 aliphatic heterocycles. The molecule has 3 heteroatoms. The third-order valence-electron chi connectivity index (χ3n) is 3.65. The van der Waals surface area contributed by atoms with Gasteiger partial charge in [-0.15, -0.1) is 0 Å². The molecule has 1 aliphatic carbocycles. The summed E-state index contributed by atoms with van der Waals surface area (Å²) in [6.07, 6.45) is 3.66. The molecule has 0 radical (unpaired) electrons. The summed E-state index contributed by atoms with van der Waals surface area (Å²) in [5.41, 5.74) is 2.45. The van der Waals surface area contributed by atoms with E-state index in [0.717, 1.165) is 31.2 Å². The SMILES string of the molecule is OCC(NCC1CC1)c1ccc2c(c1)CCO2. The lowest BCUT2D eigenvalue weighted by atomic mass is 10.0. The quantitative estimate of drug-likeness (QED) is 0.812. The monoisotopic (exact) mass is 233 g/mol. The van der Waals surface area contributed by atoms with Crippen molar-refractivity contribution < 1.29 is 9.84 Å². The van der Waals surface area contributed by atoms with Crippen LogP contribution < -0.4 is 10.1 Å². The fourth-order valence-electron chi connectivity index (χ4n) is 2.34. The summed E-state index contributed by atoms with van der Waals surface area (Å²) in [5, 5.41) is 12.9. The van der Waals surface area contributed by atoms with E-state index >= 15 is 0 Å². The molecule has 1 fully saturated rings. The second kappa shape index (κ2) is 4.67. The molecular formula is C14H19NO2. The van der Waals surface area contributed by atoms with Crippen LogP contribution in [0, 0.1) is 5.92 Å². The van der Waals surface area contributed by atoms with Crippen molar-refractivity contribution in [3.8, 4) is 5.75 Å². The van der Waals surface area contributed by atoms with Gasteiger partial charge in [0.15, 0.2) is 0 Å². The molecule has 92 valence electrons. The molecule has 1 unspecified atom stereocenters. The first-order valence-electron chi connectivity index (χ1n) is 6.46. The summed E-state index contributed by atoms with van der Waals surface area (Å²) >= 11 is 0. The second-order valence-electron chi connectivity index (χ2n) is 5.05. The minimum absolute atomic E-state index is 0.0708. The number of hydrogen-bond acceptors (Lipinski definition) is 3. The maximum Gasteiger partial charge on any atom is 0.122 e. The Morgan fingerprint density at radius 1 is 1.41 bits per heavy atom. The van der Waals surface area contributed by atoms with Crippen molar-refractivity contribution in [2.45, 2.75) is 25.3 Å². The van der Waals surface area contributed by atoms with Crippen LogP contribution in [0.2, 0.25) is 0 Å². The van der Waals surface area contributed by atoms with E-state index in [2.05, 4.69) is 17.4 Å². The number of ether oxygens (including phenoxy) is 1. The lowest BCUT2D eigenvalue weighted by Gasteiger charge is -2.17. The Morgan fingerprint density at radius 3 is 3.06 bits per heavy atom. The third kappa shape index (κ3) is 2.45. The van der Waals surface area contributed by atoms with Crippen LogP contribution in [-0.4, -0.2) is 24.9 Å². The molecule has 0 saturated heterocycles. The van der Waals surface area contributed by atoms with Crippen molar-refractivity contribution in [3.63, 3.8) is 0 Å². The second-order valence-corrected chi connectivity index (χ2v) is 5.05. The van der Waals surface area contributed by atoms with Crippen molar-refractivity contribution in [2.24, 2.45) is 5.92 Å². The van der Waals surface area contributed by atoms with E-state index < -0.39 is 0 Å². The van der Waals surface area contributed by atoms with E-state index in [1.54, 1.807) is 0 Å². The van der Waals surface area contributed by atoms with E-state index in [-0.39, 0.29) is 12.6 Å². The van der Waals surface area contributed by atoms with Gasteiger partial charge in [-0.2, -0.15) is 0 Å². The normalized spacial score (nSPS) is 19.8. The largest absolute Gasteiger partial charge is 0.493 e. The molecule has 0 spiro atoms. The molecule has 1 aromatic carbocycles. The topological polar surface area (TPSA) is 41.5 Å². The maximum absolute atomic E-state index is 9.47. The summed E-state index contributed by atoms with van der Waals surface area (Å²) in [6, 6.07) is 6.33. The van der Waals surface area contributed by atoms with Crippen LogP contribution in [-0.2, 0) is 6.42 Å². The predicted octanol–water partition coefficient (Wildman–Crippen LogP) is 1.65. The van der Waals surface area contributed by atoms with Gasteiger partial charge in [-0.1, -0.05) is 12.1 Å². The Balaban J connectivity index is 1.71. The molecule has 17 heavy (non-hydrogen) atoms. The average molecular weight is 233 g/mol. The highest BCUT2D eigenvalue weighted by atomic mass is 16.5. The zero-order valence-corrected chi connectivity index (χ0v) is 9.98. The first-order chi connectivity index (χ1) is 8.36. The fraction of sp³-hybridized carbons (Fsp3) is 0.571. The van der Waals surface area contributed by atoms with Gasteiger partial charge in [-0.05, 0) is 42.5 Å². The number of benzene rings is 1. The van der Waals surface area contributed by atoms with Gasteiger partial charge in [0.1, 0.15) is 5.75 Å². The summed E-state index contributed by atoms with van der Waals surface area (Å²) < 4.78 is 5.49. The van der Waals surface area contributed by atoms with Gasteiger partial charge < -0.3 is 15.2 Å². The van der Waals surface area contributed by atoms with Gasteiger partial charge in [0.2, 0.25) is 0 Å². The van der Waals surface area contributed by atoms with Gasteiger partial charge >= 0.3 is 0 Å². The zero-order valence-electron chi connectivity index (χ0n) is 9.98. The average Bonchev–Trinajstić information content (AvgIpc) is 3.06. The van der Waals surface area contributed by atoms with Gasteiger partial charge in [-0.3, -0.25) is 0 Å². The number of aliphatic hydroxyl groups is 1. The fourth-order valence-corrected chi connectivity index (χ4v) is 2.34. The van der Waals surface area contributed by atoms with E-state index in [4.69, 9.17) is 4.74 Å². The maximum atomic E-state index is 9.47. The molecule has 3 rings (SSSR count). The molecule has 1 saturated carbocycles. The lowest BCUT2D eigenvalue weighted by molar-refractivity contribution is 0.243. The molecule has 1 heterocycles. The minimum atomic E-state index is 0.0708. The Morgan fingerprint density at radius 2 is 2.29 bits per heavy atom. The van der Waals surface area contributed by atoms with Gasteiger partial charge in [0.05, 0.1) is 19.3 Å².